The van der Waals surface area contributed by atoms with Gasteiger partial charge in [-0.2, -0.15) is 4.31 Å². The van der Waals surface area contributed by atoms with E-state index in [1.54, 1.807) is 23.4 Å². The smallest absolute Gasteiger partial charge is 0.243 e. The fraction of sp³-hybridized carbons (Fsp3) is 0.400. The van der Waals surface area contributed by atoms with Gasteiger partial charge in [0, 0.05) is 36.4 Å². The van der Waals surface area contributed by atoms with Crippen LogP contribution in [-0.4, -0.2) is 38.4 Å². The minimum atomic E-state index is -3.53. The summed E-state index contributed by atoms with van der Waals surface area (Å²) in [4.78, 5) is 2.63. The normalized spacial score (nSPS) is 19.0. The van der Waals surface area contributed by atoms with Gasteiger partial charge in [0.05, 0.1) is 4.90 Å². The van der Waals surface area contributed by atoms with Gasteiger partial charge < -0.3 is 4.90 Å². The standard InChI is InChI=1S/C20H25ClN2O2S/c1-14-6-5-7-18(10-14)23-9-8-22(13-17(23)4)26(24,25)20-12-15(2)19(21)11-16(20)3/h5-7,10-12,17H,8-9,13H2,1-4H3. The zero-order chi connectivity index (χ0) is 19.1. The van der Waals surface area contributed by atoms with Crippen LogP contribution in [0.5, 0.6) is 0 Å². The highest BCUT2D eigenvalue weighted by Crippen LogP contribution is 2.29. The Kier molecular flexibility index (Phi) is 5.33. The Bertz CT molecular complexity index is 927. The average molecular weight is 393 g/mol. The third-order valence-electron chi connectivity index (χ3n) is 5.00. The highest BCUT2D eigenvalue weighted by atomic mass is 35.5. The Labute approximate surface area is 161 Å². The van der Waals surface area contributed by atoms with Crippen LogP contribution in [0.25, 0.3) is 0 Å². The molecule has 1 atom stereocenters. The molecule has 1 unspecified atom stereocenters. The van der Waals surface area contributed by atoms with E-state index in [1.807, 2.05) is 13.0 Å². The summed E-state index contributed by atoms with van der Waals surface area (Å²) in [5, 5.41) is 0.596. The average Bonchev–Trinajstić information content (AvgIpc) is 2.57. The summed E-state index contributed by atoms with van der Waals surface area (Å²) in [6.45, 7) is 9.39. The molecule has 140 valence electrons. The van der Waals surface area contributed by atoms with E-state index in [0.29, 0.717) is 35.1 Å². The van der Waals surface area contributed by atoms with Crippen molar-refractivity contribution in [2.75, 3.05) is 24.5 Å². The van der Waals surface area contributed by atoms with Crippen LogP contribution < -0.4 is 4.90 Å². The predicted molar refractivity (Wildman–Crippen MR) is 108 cm³/mol. The summed E-state index contributed by atoms with van der Waals surface area (Å²) in [5.74, 6) is 0. The molecule has 1 fully saturated rings. The van der Waals surface area contributed by atoms with Gasteiger partial charge in [0.25, 0.3) is 0 Å². The number of hydrogen-bond acceptors (Lipinski definition) is 3. The first-order valence-corrected chi connectivity index (χ1v) is 10.6. The van der Waals surface area contributed by atoms with E-state index in [-0.39, 0.29) is 6.04 Å². The lowest BCUT2D eigenvalue weighted by atomic mass is 10.1. The first-order chi connectivity index (χ1) is 12.2. The van der Waals surface area contributed by atoms with Crippen molar-refractivity contribution in [2.45, 2.75) is 38.6 Å². The molecule has 0 aliphatic carbocycles. The Morgan fingerprint density at radius 1 is 1.04 bits per heavy atom. The molecule has 0 spiro atoms. The highest BCUT2D eigenvalue weighted by Gasteiger charge is 2.33. The van der Waals surface area contributed by atoms with Crippen LogP contribution in [0.1, 0.15) is 23.6 Å². The predicted octanol–water partition coefficient (Wildman–Crippen LogP) is 4.16. The summed E-state index contributed by atoms with van der Waals surface area (Å²) in [6, 6.07) is 11.9. The zero-order valence-electron chi connectivity index (χ0n) is 15.7. The van der Waals surface area contributed by atoms with Gasteiger partial charge in [-0.1, -0.05) is 23.7 Å². The van der Waals surface area contributed by atoms with Gasteiger partial charge in [-0.25, -0.2) is 8.42 Å². The quantitative estimate of drug-likeness (QED) is 0.787. The van der Waals surface area contributed by atoms with Gasteiger partial charge in [0.15, 0.2) is 0 Å². The molecule has 0 radical (unpaired) electrons. The fourth-order valence-electron chi connectivity index (χ4n) is 3.50. The first kappa shape index (κ1) is 19.2. The second kappa shape index (κ2) is 7.22. The van der Waals surface area contributed by atoms with Crippen molar-refractivity contribution in [3.63, 3.8) is 0 Å². The molecule has 4 nitrogen and oxygen atoms in total. The molecular weight excluding hydrogens is 368 g/mol. The summed E-state index contributed by atoms with van der Waals surface area (Å²) in [7, 11) is -3.53. The van der Waals surface area contributed by atoms with Crippen LogP contribution in [0.15, 0.2) is 41.3 Å². The number of benzene rings is 2. The van der Waals surface area contributed by atoms with E-state index in [2.05, 4.69) is 36.9 Å². The summed E-state index contributed by atoms with van der Waals surface area (Å²) >= 11 is 6.13. The van der Waals surface area contributed by atoms with Gasteiger partial charge in [-0.3, -0.25) is 0 Å². The van der Waals surface area contributed by atoms with Crippen molar-refractivity contribution in [3.8, 4) is 0 Å². The third-order valence-corrected chi connectivity index (χ3v) is 7.41. The number of sulfonamides is 1. The molecule has 3 rings (SSSR count). The van der Waals surface area contributed by atoms with Crippen molar-refractivity contribution in [2.24, 2.45) is 0 Å². The second-order valence-corrected chi connectivity index (χ2v) is 9.42. The Morgan fingerprint density at radius 2 is 1.77 bits per heavy atom. The van der Waals surface area contributed by atoms with Gasteiger partial charge in [0.2, 0.25) is 10.0 Å². The number of piperazine rings is 1. The molecule has 0 saturated carbocycles. The van der Waals surface area contributed by atoms with E-state index in [4.69, 9.17) is 11.6 Å². The number of aryl methyl sites for hydroxylation is 3. The molecule has 0 amide bonds. The molecule has 0 bridgehead atoms. The molecule has 6 heteroatoms. The lowest BCUT2D eigenvalue weighted by molar-refractivity contribution is 0.342. The van der Waals surface area contributed by atoms with E-state index >= 15 is 0 Å². The van der Waals surface area contributed by atoms with Gasteiger partial charge in [-0.15, -0.1) is 0 Å². The molecule has 1 saturated heterocycles. The Balaban J connectivity index is 1.85. The number of anilines is 1. The van der Waals surface area contributed by atoms with E-state index in [9.17, 15) is 8.42 Å². The molecule has 26 heavy (non-hydrogen) atoms. The van der Waals surface area contributed by atoms with E-state index in [0.717, 1.165) is 11.3 Å². The number of nitrogens with zero attached hydrogens (tertiary/aromatic N) is 2. The maximum absolute atomic E-state index is 13.2. The largest absolute Gasteiger partial charge is 0.366 e. The van der Waals surface area contributed by atoms with Crippen LogP contribution >= 0.6 is 11.6 Å². The molecule has 1 aliphatic heterocycles. The van der Waals surface area contributed by atoms with Crippen LogP contribution in [-0.2, 0) is 10.0 Å². The van der Waals surface area contributed by atoms with Crippen LogP contribution in [0.2, 0.25) is 5.02 Å². The maximum atomic E-state index is 13.2. The second-order valence-electron chi connectivity index (χ2n) is 7.11. The molecule has 1 heterocycles. The molecule has 1 aliphatic rings. The van der Waals surface area contributed by atoms with Gasteiger partial charge in [0.1, 0.15) is 0 Å². The topological polar surface area (TPSA) is 40.6 Å². The van der Waals surface area contributed by atoms with Crippen LogP contribution in [0.3, 0.4) is 0 Å². The summed E-state index contributed by atoms with van der Waals surface area (Å²) in [5.41, 5.74) is 3.82. The van der Waals surface area contributed by atoms with Crippen LogP contribution in [0.4, 0.5) is 5.69 Å². The zero-order valence-corrected chi connectivity index (χ0v) is 17.2. The van der Waals surface area contributed by atoms with E-state index in [1.165, 1.54) is 5.56 Å². The minimum Gasteiger partial charge on any atom is -0.366 e. The highest BCUT2D eigenvalue weighted by molar-refractivity contribution is 7.89. The number of hydrogen-bond donors (Lipinski definition) is 0. The van der Waals surface area contributed by atoms with Crippen molar-refractivity contribution in [3.05, 3.63) is 58.1 Å². The van der Waals surface area contributed by atoms with Crippen LogP contribution in [0, 0.1) is 20.8 Å². The SMILES string of the molecule is Cc1cccc(N2CCN(S(=O)(=O)c3cc(C)c(Cl)cc3C)CC2C)c1. The third kappa shape index (κ3) is 3.61. The van der Waals surface area contributed by atoms with Crippen molar-refractivity contribution < 1.29 is 8.42 Å². The van der Waals surface area contributed by atoms with Crippen molar-refractivity contribution in [1.29, 1.82) is 0 Å². The fourth-order valence-corrected chi connectivity index (χ4v) is 5.53. The molecule has 2 aromatic carbocycles. The Morgan fingerprint density at radius 3 is 2.42 bits per heavy atom. The monoisotopic (exact) mass is 392 g/mol. The lowest BCUT2D eigenvalue weighted by Crippen LogP contribution is -2.53. The summed E-state index contributed by atoms with van der Waals surface area (Å²) in [6.07, 6.45) is 0. The summed E-state index contributed by atoms with van der Waals surface area (Å²) < 4.78 is 28.0. The maximum Gasteiger partial charge on any atom is 0.243 e. The molecule has 2 aromatic rings. The number of halogens is 1. The van der Waals surface area contributed by atoms with Gasteiger partial charge >= 0.3 is 0 Å². The van der Waals surface area contributed by atoms with Gasteiger partial charge in [-0.05, 0) is 68.7 Å². The van der Waals surface area contributed by atoms with E-state index < -0.39 is 10.0 Å². The van der Waals surface area contributed by atoms with Crippen molar-refractivity contribution >= 4 is 27.3 Å². The van der Waals surface area contributed by atoms with Crippen molar-refractivity contribution in [1.82, 2.24) is 4.31 Å². The molecule has 0 aromatic heterocycles. The number of rotatable bonds is 3. The molecule has 0 N–H and O–H groups in total. The first-order valence-electron chi connectivity index (χ1n) is 8.80. The minimum absolute atomic E-state index is 0.106. The molecular formula is C20H25ClN2O2S. The lowest BCUT2D eigenvalue weighted by Gasteiger charge is -2.40. The Hall–Kier alpha value is -1.56.